The van der Waals surface area contributed by atoms with Crippen molar-refractivity contribution < 1.29 is 9.35 Å². The van der Waals surface area contributed by atoms with Crippen molar-refractivity contribution in [1.82, 2.24) is 14.9 Å². The molecule has 150 valence electrons. The molecule has 0 aliphatic heterocycles. The number of halogens is 1. The van der Waals surface area contributed by atoms with E-state index in [2.05, 4.69) is 10.3 Å². The molecule has 2 aromatic carbocycles. The molecule has 3 aromatic rings. The summed E-state index contributed by atoms with van der Waals surface area (Å²) in [5.74, 6) is -0.107. The first-order valence-electron chi connectivity index (χ1n) is 9.32. The minimum Gasteiger partial charge on any atom is -0.586 e. The van der Waals surface area contributed by atoms with Crippen molar-refractivity contribution in [2.24, 2.45) is 7.05 Å². The lowest BCUT2D eigenvalue weighted by atomic mass is 10.1. The van der Waals surface area contributed by atoms with E-state index < -0.39 is 11.4 Å². The summed E-state index contributed by atoms with van der Waals surface area (Å²) < 4.78 is 16.8. The normalized spacial score (nSPS) is 14.4. The van der Waals surface area contributed by atoms with E-state index >= 15 is 0 Å². The second kappa shape index (κ2) is 8.49. The molecular weight excluding hydrogens is 408 g/mol. The molecular formula is C21H21ClN4O2S. The van der Waals surface area contributed by atoms with Crippen LogP contribution in [0.4, 0.5) is 5.69 Å². The van der Waals surface area contributed by atoms with Crippen molar-refractivity contribution in [2.75, 3.05) is 4.31 Å². The molecule has 8 heteroatoms. The summed E-state index contributed by atoms with van der Waals surface area (Å²) in [4.78, 5) is 16.7. The Morgan fingerprint density at radius 3 is 2.72 bits per heavy atom. The van der Waals surface area contributed by atoms with Crippen LogP contribution >= 0.6 is 11.6 Å². The summed E-state index contributed by atoms with van der Waals surface area (Å²) in [5, 5.41) is 4.09. The van der Waals surface area contributed by atoms with Crippen molar-refractivity contribution >= 4 is 34.6 Å². The summed E-state index contributed by atoms with van der Waals surface area (Å²) >= 11 is 4.46. The third kappa shape index (κ3) is 4.93. The maximum atomic E-state index is 13.3. The van der Waals surface area contributed by atoms with E-state index in [9.17, 15) is 9.35 Å². The summed E-state index contributed by atoms with van der Waals surface area (Å²) in [5.41, 5.74) is 2.19. The van der Waals surface area contributed by atoms with E-state index in [0.29, 0.717) is 27.8 Å². The van der Waals surface area contributed by atoms with Gasteiger partial charge >= 0.3 is 0 Å². The lowest BCUT2D eigenvalue weighted by molar-refractivity contribution is 0.0951. The van der Waals surface area contributed by atoms with Crippen LogP contribution in [0.5, 0.6) is 0 Å². The Bertz CT molecular complexity index is 1000. The van der Waals surface area contributed by atoms with Crippen LogP contribution < -0.4 is 9.62 Å². The van der Waals surface area contributed by atoms with Crippen LogP contribution in [0.2, 0.25) is 5.02 Å². The zero-order valence-electron chi connectivity index (χ0n) is 15.9. The smallest absolute Gasteiger partial charge is 0.289 e. The van der Waals surface area contributed by atoms with Crippen LogP contribution in [0.15, 0.2) is 66.1 Å². The van der Waals surface area contributed by atoms with E-state index in [1.165, 1.54) is 0 Å². The summed E-state index contributed by atoms with van der Waals surface area (Å²) in [7, 11) is 1.83. The Kier molecular flexibility index (Phi) is 5.80. The largest absolute Gasteiger partial charge is 0.586 e. The number of carbonyl (C=O) groups is 1. The molecule has 4 rings (SSSR count). The van der Waals surface area contributed by atoms with Crippen LogP contribution in [0.3, 0.4) is 0 Å². The maximum absolute atomic E-state index is 13.3. The molecule has 0 bridgehead atoms. The molecule has 1 atom stereocenters. The number of benzene rings is 2. The third-order valence-electron chi connectivity index (χ3n) is 4.61. The standard InChI is InChI=1S/C21H21ClN4O2S/c1-25-13-20(23-14-25)29(28)26(12-15-5-7-17(22)8-6-15)19-4-2-3-16(11-19)21(27)24-18-9-10-18/h2-8,11,13-14,18H,9-10,12H2,1H3,(H,24,27). The summed E-state index contributed by atoms with van der Waals surface area (Å²) in [6.07, 6.45) is 5.40. The highest BCUT2D eigenvalue weighted by atomic mass is 35.5. The number of imidazole rings is 1. The molecule has 1 amide bonds. The fraction of sp³-hybridized carbons (Fsp3) is 0.238. The lowest BCUT2D eigenvalue weighted by Gasteiger charge is -2.25. The fourth-order valence-electron chi connectivity index (χ4n) is 2.89. The molecule has 1 aliphatic rings. The van der Waals surface area contributed by atoms with Crippen molar-refractivity contribution in [3.63, 3.8) is 0 Å². The first-order chi connectivity index (χ1) is 14.0. The van der Waals surface area contributed by atoms with Gasteiger partial charge in [0.1, 0.15) is 11.4 Å². The zero-order valence-corrected chi connectivity index (χ0v) is 17.5. The van der Waals surface area contributed by atoms with Gasteiger partial charge in [-0.25, -0.2) is 0 Å². The SMILES string of the molecule is Cn1cnc([S+]([O-])N(Cc2ccc(Cl)cc2)c2cccc(C(=O)NC3CC3)c2)c1. The highest BCUT2D eigenvalue weighted by Crippen LogP contribution is 2.27. The van der Waals surface area contributed by atoms with Gasteiger partial charge < -0.3 is 14.4 Å². The van der Waals surface area contributed by atoms with Crippen molar-refractivity contribution in [3.05, 3.63) is 77.2 Å². The fourth-order valence-corrected chi connectivity index (χ4v) is 4.21. The maximum Gasteiger partial charge on any atom is 0.289 e. The van der Waals surface area contributed by atoms with E-state index in [-0.39, 0.29) is 11.9 Å². The van der Waals surface area contributed by atoms with Gasteiger partial charge in [0.25, 0.3) is 10.9 Å². The zero-order chi connectivity index (χ0) is 20.4. The van der Waals surface area contributed by atoms with Crippen LogP contribution in [-0.4, -0.2) is 26.1 Å². The molecule has 6 nitrogen and oxygen atoms in total. The number of aromatic nitrogens is 2. The lowest BCUT2D eigenvalue weighted by Crippen LogP contribution is -2.31. The average molecular weight is 429 g/mol. The minimum absolute atomic E-state index is 0.107. The second-order valence-corrected chi connectivity index (χ2v) is 8.88. The number of amides is 1. The van der Waals surface area contributed by atoms with E-state index in [4.69, 9.17) is 11.6 Å². The Morgan fingerprint density at radius 1 is 1.31 bits per heavy atom. The topological polar surface area (TPSA) is 73.2 Å². The minimum atomic E-state index is -1.54. The van der Waals surface area contributed by atoms with Gasteiger partial charge in [0.2, 0.25) is 0 Å². The van der Waals surface area contributed by atoms with Crippen LogP contribution in [0.1, 0.15) is 28.8 Å². The highest BCUT2D eigenvalue weighted by molar-refractivity contribution is 7.92. The van der Waals surface area contributed by atoms with Gasteiger partial charge in [-0.3, -0.25) is 4.79 Å². The molecule has 0 spiro atoms. The molecule has 1 aliphatic carbocycles. The number of nitrogens with zero attached hydrogens (tertiary/aromatic N) is 3. The third-order valence-corrected chi connectivity index (χ3v) is 6.17. The van der Waals surface area contributed by atoms with Crippen LogP contribution in [-0.2, 0) is 25.0 Å². The first kappa shape index (κ1) is 19.8. The highest BCUT2D eigenvalue weighted by Gasteiger charge is 2.28. The van der Waals surface area contributed by atoms with Crippen LogP contribution in [0, 0.1) is 0 Å². The van der Waals surface area contributed by atoms with Gasteiger partial charge in [0.15, 0.2) is 0 Å². The Labute approximate surface area is 177 Å². The predicted molar refractivity (Wildman–Crippen MR) is 114 cm³/mol. The van der Waals surface area contributed by atoms with Crippen molar-refractivity contribution in [1.29, 1.82) is 0 Å². The van der Waals surface area contributed by atoms with E-state index in [0.717, 1.165) is 18.4 Å². The average Bonchev–Trinajstić information content (AvgIpc) is 3.44. The Balaban J connectivity index is 1.65. The predicted octanol–water partition coefficient (Wildman–Crippen LogP) is 3.70. The molecule has 1 N–H and O–H groups in total. The second-order valence-electron chi connectivity index (χ2n) is 7.09. The quantitative estimate of drug-likeness (QED) is 0.582. The number of hydrogen-bond acceptors (Lipinski definition) is 4. The summed E-state index contributed by atoms with van der Waals surface area (Å²) in [6, 6.07) is 14.9. The number of hydrogen-bond donors (Lipinski definition) is 1. The van der Waals surface area contributed by atoms with Gasteiger partial charge in [-0.15, -0.1) is 0 Å². The van der Waals surface area contributed by atoms with Gasteiger partial charge in [0, 0.05) is 23.7 Å². The molecule has 1 saturated carbocycles. The Morgan fingerprint density at radius 2 is 2.07 bits per heavy atom. The van der Waals surface area contributed by atoms with Crippen molar-refractivity contribution in [2.45, 2.75) is 30.5 Å². The van der Waals surface area contributed by atoms with Crippen LogP contribution in [0.25, 0.3) is 0 Å². The summed E-state index contributed by atoms with van der Waals surface area (Å²) in [6.45, 7) is 0.383. The van der Waals surface area contributed by atoms with E-state index in [1.807, 2.05) is 31.3 Å². The van der Waals surface area contributed by atoms with E-state index in [1.54, 1.807) is 45.7 Å². The van der Waals surface area contributed by atoms with Gasteiger partial charge in [-0.1, -0.05) is 29.8 Å². The molecule has 1 heterocycles. The van der Waals surface area contributed by atoms with Crippen molar-refractivity contribution in [3.8, 4) is 0 Å². The molecule has 29 heavy (non-hydrogen) atoms. The van der Waals surface area contributed by atoms with Gasteiger partial charge in [-0.05, 0) is 48.7 Å². The molecule has 0 radical (unpaired) electrons. The number of anilines is 1. The first-order valence-corrected chi connectivity index (χ1v) is 10.8. The molecule has 1 aromatic heterocycles. The molecule has 0 saturated heterocycles. The van der Waals surface area contributed by atoms with Gasteiger partial charge in [-0.2, -0.15) is 9.29 Å². The monoisotopic (exact) mass is 428 g/mol. The number of nitrogens with one attached hydrogen (secondary N) is 1. The Hall–Kier alpha value is -2.48. The molecule has 1 unspecified atom stereocenters. The number of aryl methyl sites for hydroxylation is 1. The number of rotatable bonds is 7. The molecule has 1 fully saturated rings. The number of carbonyl (C=O) groups excluding carboxylic acids is 1. The van der Waals surface area contributed by atoms with Gasteiger partial charge in [0.05, 0.1) is 24.8 Å².